The van der Waals surface area contributed by atoms with Crippen molar-refractivity contribution in [2.75, 3.05) is 13.1 Å². The molecule has 0 unspecified atom stereocenters. The first-order valence-electron chi connectivity index (χ1n) is 7.68. The minimum atomic E-state index is -0.865. The zero-order valence-corrected chi connectivity index (χ0v) is 12.9. The smallest absolute Gasteiger partial charge is 0.355 e. The number of para-hydroxylation sites is 1. The van der Waals surface area contributed by atoms with E-state index in [1.165, 1.54) is 6.07 Å². The summed E-state index contributed by atoms with van der Waals surface area (Å²) in [6, 6.07) is 8.13. The molecule has 1 aliphatic heterocycles. The molecule has 1 fully saturated rings. The fourth-order valence-corrected chi connectivity index (χ4v) is 2.78. The number of benzene rings is 1. The van der Waals surface area contributed by atoms with E-state index in [0.29, 0.717) is 24.0 Å². The molecule has 3 rings (SSSR count). The third-order valence-corrected chi connectivity index (χ3v) is 4.01. The highest BCUT2D eigenvalue weighted by Crippen LogP contribution is 2.12. The number of aromatic nitrogens is 1. The van der Waals surface area contributed by atoms with E-state index in [9.17, 15) is 14.4 Å². The number of hydrogen-bond donors (Lipinski definition) is 1. The van der Waals surface area contributed by atoms with Gasteiger partial charge in [-0.3, -0.25) is 9.59 Å². The zero-order chi connectivity index (χ0) is 16.4. The molecule has 1 atom stereocenters. The van der Waals surface area contributed by atoms with E-state index < -0.39 is 12.1 Å². The van der Waals surface area contributed by atoms with Crippen molar-refractivity contribution in [3.63, 3.8) is 0 Å². The third kappa shape index (κ3) is 3.11. The number of nitrogens with zero attached hydrogens (tertiary/aromatic N) is 1. The first kappa shape index (κ1) is 15.3. The van der Waals surface area contributed by atoms with Gasteiger partial charge < -0.3 is 14.6 Å². The fourth-order valence-electron chi connectivity index (χ4n) is 2.78. The number of pyridine rings is 1. The maximum atomic E-state index is 12.2. The van der Waals surface area contributed by atoms with Gasteiger partial charge in [0, 0.05) is 30.1 Å². The molecule has 6 nitrogen and oxygen atoms in total. The highest BCUT2D eigenvalue weighted by molar-refractivity contribution is 5.93. The molecule has 1 saturated heterocycles. The summed E-state index contributed by atoms with van der Waals surface area (Å²) >= 11 is 0. The van der Waals surface area contributed by atoms with Crippen LogP contribution < -0.4 is 5.43 Å². The number of ether oxygens (including phenoxy) is 1. The number of rotatable bonds is 3. The summed E-state index contributed by atoms with van der Waals surface area (Å²) in [6.07, 6.45) is 1.09. The molecule has 0 aliphatic carbocycles. The molecule has 120 valence electrons. The number of nitrogens with one attached hydrogen (secondary N) is 1. The Labute approximate surface area is 133 Å². The number of carbonyl (C=O) groups excluding carboxylic acids is 2. The monoisotopic (exact) mass is 314 g/mol. The van der Waals surface area contributed by atoms with Crippen molar-refractivity contribution in [2.45, 2.75) is 25.9 Å². The lowest BCUT2D eigenvalue weighted by molar-refractivity contribution is -0.138. The molecular formula is C17H18N2O4. The summed E-state index contributed by atoms with van der Waals surface area (Å²) in [5.74, 6) is -0.896. The van der Waals surface area contributed by atoms with Gasteiger partial charge in [-0.25, -0.2) is 4.79 Å². The second-order valence-corrected chi connectivity index (χ2v) is 5.67. The van der Waals surface area contributed by atoms with Crippen LogP contribution in [0.3, 0.4) is 0 Å². The van der Waals surface area contributed by atoms with Crippen LogP contribution in [0.5, 0.6) is 0 Å². The standard InChI is InChI=1S/C17H18N2O4/c1-11(16(21)19-8-4-5-9-19)23-17(22)14-10-15(20)12-6-2-3-7-13(12)18-14/h2-3,6-7,10-11H,4-5,8-9H2,1H3,(H,18,20)/t11-/m1/s1. The molecule has 0 bridgehead atoms. The van der Waals surface area contributed by atoms with Crippen molar-refractivity contribution >= 4 is 22.8 Å². The van der Waals surface area contributed by atoms with Gasteiger partial charge in [-0.2, -0.15) is 0 Å². The van der Waals surface area contributed by atoms with Crippen LogP contribution in [-0.4, -0.2) is 41.0 Å². The van der Waals surface area contributed by atoms with Crippen molar-refractivity contribution in [3.8, 4) is 0 Å². The van der Waals surface area contributed by atoms with Crippen molar-refractivity contribution in [1.82, 2.24) is 9.88 Å². The predicted molar refractivity (Wildman–Crippen MR) is 85.3 cm³/mol. The topological polar surface area (TPSA) is 79.5 Å². The lowest BCUT2D eigenvalue weighted by Crippen LogP contribution is -2.38. The van der Waals surface area contributed by atoms with Crippen molar-refractivity contribution in [3.05, 3.63) is 46.2 Å². The van der Waals surface area contributed by atoms with Crippen molar-refractivity contribution in [1.29, 1.82) is 0 Å². The highest BCUT2D eigenvalue weighted by atomic mass is 16.5. The van der Waals surface area contributed by atoms with E-state index in [2.05, 4.69) is 4.98 Å². The second-order valence-electron chi connectivity index (χ2n) is 5.67. The molecule has 23 heavy (non-hydrogen) atoms. The van der Waals surface area contributed by atoms with Crippen LogP contribution in [0.2, 0.25) is 0 Å². The van der Waals surface area contributed by atoms with Gasteiger partial charge >= 0.3 is 5.97 Å². The predicted octanol–water partition coefficient (Wildman–Crippen LogP) is 1.70. The number of amides is 1. The lowest BCUT2D eigenvalue weighted by atomic mass is 10.2. The number of aromatic amines is 1. The van der Waals surface area contributed by atoms with E-state index in [-0.39, 0.29) is 17.0 Å². The first-order chi connectivity index (χ1) is 11.1. The number of carbonyl (C=O) groups is 2. The SMILES string of the molecule is C[C@@H](OC(=O)c1cc(=O)c2ccccc2[nH]1)C(=O)N1CCCC1. The van der Waals surface area contributed by atoms with E-state index in [1.807, 2.05) is 0 Å². The Hall–Kier alpha value is -2.63. The molecule has 1 aromatic carbocycles. The highest BCUT2D eigenvalue weighted by Gasteiger charge is 2.26. The number of esters is 1. The zero-order valence-electron chi connectivity index (χ0n) is 12.9. The van der Waals surface area contributed by atoms with Gasteiger partial charge in [-0.05, 0) is 31.9 Å². The third-order valence-electron chi connectivity index (χ3n) is 4.01. The number of likely N-dealkylation sites (tertiary alicyclic amines) is 1. The Balaban J connectivity index is 1.77. The average molecular weight is 314 g/mol. The summed E-state index contributed by atoms with van der Waals surface area (Å²) in [4.78, 5) is 41.0. The Kier molecular flexibility index (Phi) is 4.14. The van der Waals surface area contributed by atoms with Crippen LogP contribution >= 0.6 is 0 Å². The second kappa shape index (κ2) is 6.24. The number of hydrogen-bond acceptors (Lipinski definition) is 4. The summed E-state index contributed by atoms with van der Waals surface area (Å²) in [5.41, 5.74) is 0.352. The van der Waals surface area contributed by atoms with Gasteiger partial charge in [0.1, 0.15) is 5.69 Å². The normalized spacial score (nSPS) is 15.6. The summed E-state index contributed by atoms with van der Waals surface area (Å²) < 4.78 is 5.21. The van der Waals surface area contributed by atoms with E-state index in [0.717, 1.165) is 12.8 Å². The lowest BCUT2D eigenvalue weighted by Gasteiger charge is -2.20. The maximum Gasteiger partial charge on any atom is 0.355 e. The van der Waals surface area contributed by atoms with Crippen LogP contribution in [0.25, 0.3) is 10.9 Å². The minimum Gasteiger partial charge on any atom is -0.448 e. The number of H-pyrrole nitrogens is 1. The van der Waals surface area contributed by atoms with Crippen molar-refractivity contribution < 1.29 is 14.3 Å². The van der Waals surface area contributed by atoms with Gasteiger partial charge in [-0.1, -0.05) is 12.1 Å². The molecule has 2 heterocycles. The molecule has 6 heteroatoms. The summed E-state index contributed by atoms with van der Waals surface area (Å²) in [7, 11) is 0. The molecule has 1 amide bonds. The minimum absolute atomic E-state index is 0.0507. The van der Waals surface area contributed by atoms with Gasteiger partial charge in [0.15, 0.2) is 11.5 Å². The van der Waals surface area contributed by atoms with Gasteiger partial charge in [-0.15, -0.1) is 0 Å². The molecule has 2 aromatic rings. The van der Waals surface area contributed by atoms with E-state index in [4.69, 9.17) is 4.74 Å². The fraction of sp³-hybridized carbons (Fsp3) is 0.353. The number of fused-ring (bicyclic) bond motifs is 1. The Morgan fingerprint density at radius 2 is 1.91 bits per heavy atom. The van der Waals surface area contributed by atoms with Crippen LogP contribution in [0.4, 0.5) is 0 Å². The first-order valence-corrected chi connectivity index (χ1v) is 7.68. The Morgan fingerprint density at radius 1 is 1.22 bits per heavy atom. The maximum absolute atomic E-state index is 12.2. The molecular weight excluding hydrogens is 296 g/mol. The van der Waals surface area contributed by atoms with Gasteiger partial charge in [0.25, 0.3) is 5.91 Å². The van der Waals surface area contributed by atoms with Crippen LogP contribution in [-0.2, 0) is 9.53 Å². The van der Waals surface area contributed by atoms with Crippen molar-refractivity contribution in [2.24, 2.45) is 0 Å². The molecule has 0 radical (unpaired) electrons. The summed E-state index contributed by atoms with van der Waals surface area (Å²) in [6.45, 7) is 2.96. The van der Waals surface area contributed by atoms with E-state index >= 15 is 0 Å². The quantitative estimate of drug-likeness (QED) is 0.875. The van der Waals surface area contributed by atoms with Crippen LogP contribution in [0.1, 0.15) is 30.3 Å². The molecule has 1 aromatic heterocycles. The Bertz CT molecular complexity index is 806. The van der Waals surface area contributed by atoms with Gasteiger partial charge in [0.2, 0.25) is 0 Å². The van der Waals surface area contributed by atoms with Gasteiger partial charge in [0.05, 0.1) is 0 Å². The van der Waals surface area contributed by atoms with Crippen LogP contribution in [0, 0.1) is 0 Å². The summed E-state index contributed by atoms with van der Waals surface area (Å²) in [5, 5.41) is 0.505. The molecule has 1 aliphatic rings. The average Bonchev–Trinajstić information content (AvgIpc) is 3.08. The molecule has 0 spiro atoms. The Morgan fingerprint density at radius 3 is 2.65 bits per heavy atom. The van der Waals surface area contributed by atoms with E-state index in [1.54, 1.807) is 36.1 Å². The van der Waals surface area contributed by atoms with Crippen LogP contribution in [0.15, 0.2) is 35.1 Å². The molecule has 0 saturated carbocycles. The largest absolute Gasteiger partial charge is 0.448 e. The molecule has 1 N–H and O–H groups in total.